The molecule has 0 saturated heterocycles. The zero-order valence-corrected chi connectivity index (χ0v) is 13.8. The maximum absolute atomic E-state index is 13.6. The summed E-state index contributed by atoms with van der Waals surface area (Å²) in [6.45, 7) is 9.55. The molecule has 0 atom stereocenters. The summed E-state index contributed by atoms with van der Waals surface area (Å²) in [5.74, 6) is -0.839. The molecule has 6 heteroatoms. The highest BCUT2D eigenvalue weighted by Crippen LogP contribution is 2.29. The topological polar surface area (TPSA) is 70.0 Å². The Balaban J connectivity index is 3.20. The summed E-state index contributed by atoms with van der Waals surface area (Å²) in [6, 6.07) is 5.19. The largest absolute Gasteiger partial charge is 0.242 e. The number of sulfonamides is 1. The van der Waals surface area contributed by atoms with Crippen molar-refractivity contribution >= 4 is 10.0 Å². The van der Waals surface area contributed by atoms with Crippen LogP contribution in [0.5, 0.6) is 0 Å². The maximum atomic E-state index is 13.6. The Morgan fingerprint density at radius 1 is 1.24 bits per heavy atom. The van der Waals surface area contributed by atoms with Gasteiger partial charge < -0.3 is 0 Å². The van der Waals surface area contributed by atoms with Crippen LogP contribution in [0.2, 0.25) is 0 Å². The smallest absolute Gasteiger partial charge is 0.207 e. The van der Waals surface area contributed by atoms with Crippen LogP contribution in [0.4, 0.5) is 4.39 Å². The summed E-state index contributed by atoms with van der Waals surface area (Å²) >= 11 is 0. The molecule has 21 heavy (non-hydrogen) atoms. The van der Waals surface area contributed by atoms with Gasteiger partial charge in [0.25, 0.3) is 0 Å². The first-order valence-electron chi connectivity index (χ1n) is 6.61. The van der Waals surface area contributed by atoms with Gasteiger partial charge in [-0.25, -0.2) is 17.5 Å². The first-order chi connectivity index (χ1) is 9.38. The summed E-state index contributed by atoms with van der Waals surface area (Å²) in [6.07, 6.45) is 0.594. The number of hydrogen-bond acceptors (Lipinski definition) is 3. The van der Waals surface area contributed by atoms with Gasteiger partial charge in [-0.05, 0) is 37.8 Å². The number of halogens is 1. The van der Waals surface area contributed by atoms with E-state index in [4.69, 9.17) is 5.26 Å². The van der Waals surface area contributed by atoms with Gasteiger partial charge in [0.2, 0.25) is 10.0 Å². The molecule has 0 bridgehead atoms. The Labute approximate surface area is 126 Å². The monoisotopic (exact) mass is 312 g/mol. The van der Waals surface area contributed by atoms with Gasteiger partial charge in [0.1, 0.15) is 22.3 Å². The van der Waals surface area contributed by atoms with E-state index in [9.17, 15) is 12.8 Å². The summed E-state index contributed by atoms with van der Waals surface area (Å²) in [5.41, 5.74) is -1.25. The van der Waals surface area contributed by atoms with Crippen molar-refractivity contribution < 1.29 is 12.8 Å². The second kappa shape index (κ2) is 5.74. The minimum Gasteiger partial charge on any atom is -0.207 e. The Morgan fingerprint density at radius 3 is 2.29 bits per heavy atom. The predicted molar refractivity (Wildman–Crippen MR) is 79.6 cm³/mol. The molecule has 0 heterocycles. The lowest BCUT2D eigenvalue weighted by atomic mass is 9.82. The van der Waals surface area contributed by atoms with Crippen molar-refractivity contribution in [2.24, 2.45) is 5.41 Å². The average Bonchev–Trinajstić information content (AvgIpc) is 2.23. The first-order valence-corrected chi connectivity index (χ1v) is 8.09. The molecule has 0 unspecified atom stereocenters. The standard InChI is InChI=1S/C15H21FN2O2S/c1-14(2,3)10-15(4,5)18-21(19,20)13-8-6-7-12(16)11(13)9-17/h6-8,18H,10H2,1-5H3. The molecule has 4 nitrogen and oxygen atoms in total. The average molecular weight is 312 g/mol. The lowest BCUT2D eigenvalue weighted by molar-refractivity contribution is 0.269. The molecule has 1 aromatic carbocycles. The SMILES string of the molecule is CC(C)(C)CC(C)(C)NS(=O)(=O)c1cccc(F)c1C#N. The number of nitriles is 1. The molecular formula is C15H21FN2O2S. The highest BCUT2D eigenvalue weighted by Gasteiger charge is 2.32. The van der Waals surface area contributed by atoms with E-state index in [1.807, 2.05) is 20.8 Å². The van der Waals surface area contributed by atoms with Crippen LogP contribution in [0.15, 0.2) is 23.1 Å². The van der Waals surface area contributed by atoms with E-state index in [1.54, 1.807) is 19.9 Å². The molecule has 116 valence electrons. The number of rotatable bonds is 4. The Kier molecular flexibility index (Phi) is 4.81. The van der Waals surface area contributed by atoms with Crippen LogP contribution in [0, 0.1) is 22.6 Å². The molecule has 0 amide bonds. The van der Waals surface area contributed by atoms with E-state index in [2.05, 4.69) is 4.72 Å². The van der Waals surface area contributed by atoms with E-state index < -0.39 is 26.9 Å². The summed E-state index contributed by atoms with van der Waals surface area (Å²) < 4.78 is 41.0. The number of hydrogen-bond donors (Lipinski definition) is 1. The third-order valence-corrected chi connectivity index (χ3v) is 4.50. The van der Waals surface area contributed by atoms with E-state index in [0.717, 1.165) is 6.07 Å². The molecular weight excluding hydrogens is 291 g/mol. The molecule has 0 aliphatic heterocycles. The molecule has 1 N–H and O–H groups in total. The third-order valence-electron chi connectivity index (χ3n) is 2.76. The van der Waals surface area contributed by atoms with Gasteiger partial charge in [-0.1, -0.05) is 26.8 Å². The van der Waals surface area contributed by atoms with Crippen molar-refractivity contribution in [3.63, 3.8) is 0 Å². The zero-order valence-electron chi connectivity index (χ0n) is 13.0. The normalized spacial score (nSPS) is 13.0. The molecule has 0 saturated carbocycles. The van der Waals surface area contributed by atoms with Gasteiger partial charge in [0.15, 0.2) is 0 Å². The van der Waals surface area contributed by atoms with Crippen LogP contribution >= 0.6 is 0 Å². The predicted octanol–water partition coefficient (Wildman–Crippen LogP) is 3.19. The molecule has 1 rings (SSSR count). The molecule has 1 aromatic rings. The second-order valence-corrected chi connectivity index (χ2v) is 8.60. The van der Waals surface area contributed by atoms with Gasteiger partial charge in [-0.3, -0.25) is 0 Å². The van der Waals surface area contributed by atoms with Crippen LogP contribution < -0.4 is 4.72 Å². The molecule has 0 radical (unpaired) electrons. The number of nitrogens with zero attached hydrogens (tertiary/aromatic N) is 1. The lowest BCUT2D eigenvalue weighted by Gasteiger charge is -2.33. The molecule has 0 fully saturated rings. The minimum absolute atomic E-state index is 0.0774. The van der Waals surface area contributed by atoms with Gasteiger partial charge >= 0.3 is 0 Å². The van der Waals surface area contributed by atoms with Gasteiger partial charge in [-0.15, -0.1) is 0 Å². The van der Waals surface area contributed by atoms with Crippen LogP contribution in [0.1, 0.15) is 46.6 Å². The van der Waals surface area contributed by atoms with Crippen molar-refractivity contribution in [3.8, 4) is 6.07 Å². The van der Waals surface area contributed by atoms with Crippen LogP contribution in [0.25, 0.3) is 0 Å². The third kappa shape index (κ3) is 4.80. The fourth-order valence-electron chi connectivity index (χ4n) is 2.62. The van der Waals surface area contributed by atoms with Crippen molar-refractivity contribution in [1.82, 2.24) is 4.72 Å². The van der Waals surface area contributed by atoms with Crippen molar-refractivity contribution in [2.45, 2.75) is 51.5 Å². The highest BCUT2D eigenvalue weighted by atomic mass is 32.2. The summed E-state index contributed by atoms with van der Waals surface area (Å²) in [4.78, 5) is -0.327. The van der Waals surface area contributed by atoms with Crippen LogP contribution in [-0.4, -0.2) is 14.0 Å². The van der Waals surface area contributed by atoms with Crippen molar-refractivity contribution in [1.29, 1.82) is 5.26 Å². The van der Waals surface area contributed by atoms with Crippen molar-refractivity contribution in [2.75, 3.05) is 0 Å². The van der Waals surface area contributed by atoms with Gasteiger partial charge in [0.05, 0.1) is 0 Å². The Morgan fingerprint density at radius 2 is 1.81 bits per heavy atom. The van der Waals surface area contributed by atoms with E-state index >= 15 is 0 Å². The Hall–Kier alpha value is -1.45. The Bertz CT molecular complexity index is 668. The summed E-state index contributed by atoms with van der Waals surface area (Å²) in [7, 11) is -3.97. The fourth-order valence-corrected chi connectivity index (χ4v) is 4.20. The molecule has 0 aromatic heterocycles. The lowest BCUT2D eigenvalue weighted by Crippen LogP contribution is -2.45. The second-order valence-electron chi connectivity index (χ2n) is 6.95. The maximum Gasteiger partial charge on any atom is 0.242 e. The molecule has 0 aliphatic carbocycles. The van der Waals surface area contributed by atoms with E-state index in [-0.39, 0.29) is 10.3 Å². The molecule has 0 aliphatic rings. The number of benzene rings is 1. The molecule has 0 spiro atoms. The van der Waals surface area contributed by atoms with E-state index in [1.165, 1.54) is 12.1 Å². The number of nitrogens with one attached hydrogen (secondary N) is 1. The van der Waals surface area contributed by atoms with E-state index in [0.29, 0.717) is 6.42 Å². The zero-order chi connectivity index (χ0) is 16.5. The van der Waals surface area contributed by atoms with Gasteiger partial charge in [-0.2, -0.15) is 5.26 Å². The minimum atomic E-state index is -3.97. The van der Waals surface area contributed by atoms with Crippen molar-refractivity contribution in [3.05, 3.63) is 29.6 Å². The van der Waals surface area contributed by atoms with Gasteiger partial charge in [0, 0.05) is 5.54 Å². The highest BCUT2D eigenvalue weighted by molar-refractivity contribution is 7.89. The summed E-state index contributed by atoms with van der Waals surface area (Å²) in [5, 5.41) is 8.97. The quantitative estimate of drug-likeness (QED) is 0.928. The van der Waals surface area contributed by atoms with Crippen LogP contribution in [0.3, 0.4) is 0 Å². The first kappa shape index (κ1) is 17.6. The van der Waals surface area contributed by atoms with Crippen LogP contribution in [-0.2, 0) is 10.0 Å². The fraction of sp³-hybridized carbons (Fsp3) is 0.533.